The van der Waals surface area contributed by atoms with Crippen LogP contribution in [-0.4, -0.2) is 76.8 Å². The van der Waals surface area contributed by atoms with E-state index in [4.69, 9.17) is 5.11 Å². The molecule has 10 N–H and O–H groups in total. The molecule has 3 amide bonds. The van der Waals surface area contributed by atoms with Crippen LogP contribution in [0.4, 0.5) is 17.1 Å². The van der Waals surface area contributed by atoms with Gasteiger partial charge in [0.25, 0.3) is 0 Å². The Labute approximate surface area is 591 Å². The van der Waals surface area contributed by atoms with Crippen molar-refractivity contribution >= 4 is 132 Å². The number of nitrogens with one attached hydrogen (secondary N) is 6. The van der Waals surface area contributed by atoms with Crippen LogP contribution in [0.2, 0.25) is 0 Å². The molecule has 0 atom stereocenters. The average Bonchev–Trinajstić information content (AvgIpc) is 1.71. The van der Waals surface area contributed by atoms with E-state index >= 15 is 0 Å². The van der Waals surface area contributed by atoms with E-state index in [9.17, 15) is 29.7 Å². The zero-order chi connectivity index (χ0) is 69.1. The summed E-state index contributed by atoms with van der Waals surface area (Å²) in [7, 11) is 0. The van der Waals surface area contributed by atoms with Crippen LogP contribution in [0.15, 0.2) is 296 Å². The smallest absolute Gasteiger partial charge is 0.311 e. The van der Waals surface area contributed by atoms with E-state index in [0.29, 0.717) is 52.0 Å². The van der Waals surface area contributed by atoms with E-state index in [0.717, 1.165) is 46.8 Å². The maximum Gasteiger partial charge on any atom is 0.311 e. The van der Waals surface area contributed by atoms with Crippen LogP contribution < -0.4 is 16.3 Å². The first-order valence-electron chi connectivity index (χ1n) is 31.0. The molecule has 15 rings (SSSR count). The summed E-state index contributed by atoms with van der Waals surface area (Å²) < 4.78 is 2.48. The van der Waals surface area contributed by atoms with Crippen molar-refractivity contribution in [2.45, 2.75) is 42.8 Å². The van der Waals surface area contributed by atoms with Crippen LogP contribution in [0.5, 0.6) is 17.6 Å². The normalized spacial score (nSPS) is 14.8. The van der Waals surface area contributed by atoms with Crippen LogP contribution in [0.25, 0.3) is 32.7 Å². The minimum atomic E-state index is -0.670. The average molecular weight is 1510 g/mol. The number of hydrazone groups is 3. The van der Waals surface area contributed by atoms with E-state index in [1.54, 1.807) is 43.3 Å². The lowest BCUT2D eigenvalue weighted by atomic mass is 9.80. The van der Waals surface area contributed by atoms with Gasteiger partial charge in [-0.15, -0.1) is 30.7 Å². The van der Waals surface area contributed by atoms with Crippen molar-refractivity contribution in [1.82, 2.24) is 31.2 Å². The number of amides is 3. The van der Waals surface area contributed by atoms with E-state index in [1.165, 1.54) is 0 Å². The van der Waals surface area contributed by atoms with Crippen LogP contribution in [-0.2, 0) is 31.0 Å². The van der Waals surface area contributed by atoms with Gasteiger partial charge >= 0.3 is 17.7 Å². The van der Waals surface area contributed by atoms with Gasteiger partial charge in [0.05, 0.1) is 16.6 Å². The van der Waals surface area contributed by atoms with Crippen molar-refractivity contribution < 1.29 is 34.8 Å². The quantitative estimate of drug-likeness (QED) is 0.0516. The number of carbonyl (C=O) groups is 3. The number of aromatic nitrogens is 3. The lowest BCUT2D eigenvalue weighted by Gasteiger charge is -2.30. The Kier molecular flexibility index (Phi) is 20.4. The number of aromatic hydroxyl groups is 3. The molecule has 3 aliphatic heterocycles. The topological polar surface area (TPSA) is 327 Å². The Balaban J connectivity index is 0.000000138. The number of azo groups is 3. The molecule has 3 aromatic heterocycles. The number of benzene rings is 9. The zero-order valence-corrected chi connectivity index (χ0v) is 57.3. The molecule has 12 aromatic rings. The van der Waals surface area contributed by atoms with Crippen molar-refractivity contribution in [1.29, 1.82) is 0 Å². The maximum atomic E-state index is 12.9. The Morgan fingerprint density at radius 3 is 0.798 bits per heavy atom. The molecular formula is C74H60Br3N15O7. The largest absolute Gasteiger partial charge is 0.493 e. The summed E-state index contributed by atoms with van der Waals surface area (Å²) in [6, 6.07) is 75.6. The summed E-state index contributed by atoms with van der Waals surface area (Å²) in [6.45, 7) is 1.93. The monoisotopic (exact) mass is 1510 g/mol. The maximum absolute atomic E-state index is 12.9. The van der Waals surface area contributed by atoms with Gasteiger partial charge in [0, 0.05) is 55.4 Å². The lowest BCUT2D eigenvalue weighted by molar-refractivity contribution is -0.113. The second-order valence-corrected chi connectivity index (χ2v) is 25.6. The molecule has 0 fully saturated rings. The summed E-state index contributed by atoms with van der Waals surface area (Å²) in [5, 5.41) is 76.8. The fourth-order valence-electron chi connectivity index (χ4n) is 11.9. The number of aromatic amines is 3. The number of carbonyl (C=O) groups excluding carboxylic acids is 3. The molecule has 0 radical (unpaired) electrons. The Hall–Kier alpha value is -11.4. The number of hydrogen-bond donors (Lipinski definition) is 10. The summed E-state index contributed by atoms with van der Waals surface area (Å²) >= 11 is 10.2. The number of H-pyrrole nitrogens is 3. The number of nitrogens with zero attached hydrogens (tertiary/aromatic N) is 9. The van der Waals surface area contributed by atoms with Crippen LogP contribution in [0.3, 0.4) is 0 Å². The number of fused-ring (bicyclic) bond motifs is 3. The standard InChI is InChI=1S/3C24H18BrN5O2.C2H6O/c3*25-17-11-12-19-18(13-17)21(23(32)26-19)28-29-22(31)20-14-24(30-27-20,15-7-3-1-4-8-15)16-9-5-2-6-10-16;1-2-3/h3*1-13,26,30,32H,14H2;3H,2H2,1H3. The minimum Gasteiger partial charge on any atom is -0.493 e. The molecule has 0 spiro atoms. The highest BCUT2D eigenvalue weighted by Gasteiger charge is 2.44. The molecule has 6 heterocycles. The van der Waals surface area contributed by atoms with Gasteiger partial charge in [-0.2, -0.15) is 15.3 Å². The van der Waals surface area contributed by atoms with Crippen molar-refractivity contribution in [3.63, 3.8) is 0 Å². The van der Waals surface area contributed by atoms with Gasteiger partial charge in [0.15, 0.2) is 17.1 Å². The van der Waals surface area contributed by atoms with Gasteiger partial charge in [0.1, 0.15) is 33.8 Å². The van der Waals surface area contributed by atoms with E-state index in [2.05, 4.69) is 125 Å². The van der Waals surface area contributed by atoms with Crippen LogP contribution >= 0.6 is 47.8 Å². The van der Waals surface area contributed by atoms with E-state index < -0.39 is 34.3 Å². The highest BCUT2D eigenvalue weighted by molar-refractivity contribution is 9.11. The first kappa shape index (κ1) is 67.6. The SMILES string of the molecule is CCO.O=C(N=Nc1c(O)[nH]c2ccc(Br)cc12)C1=NNC(c2ccccc2)(c2ccccc2)C1.O=C(N=Nc1c(O)[nH]c2ccc(Br)cc12)C1=NNC(c2ccccc2)(c2ccccc2)C1.O=C(N=Nc1c(O)[nH]c2ccc(Br)cc12)C1=NNC(c2ccccc2)(c2ccccc2)C1. The highest BCUT2D eigenvalue weighted by Crippen LogP contribution is 2.43. The summed E-state index contributed by atoms with van der Waals surface area (Å²) in [5.41, 5.74) is 17.0. The van der Waals surface area contributed by atoms with Gasteiger partial charge in [-0.05, 0) is 94.9 Å². The van der Waals surface area contributed by atoms with Crippen molar-refractivity contribution in [3.8, 4) is 17.6 Å². The molecule has 0 saturated carbocycles. The molecule has 3 aliphatic rings. The van der Waals surface area contributed by atoms with Crippen LogP contribution in [0, 0.1) is 0 Å². The molecule has 0 unspecified atom stereocenters. The Morgan fingerprint density at radius 1 is 0.374 bits per heavy atom. The predicted molar refractivity (Wildman–Crippen MR) is 391 cm³/mol. The molecule has 494 valence electrons. The van der Waals surface area contributed by atoms with E-state index in [-0.39, 0.29) is 58.4 Å². The van der Waals surface area contributed by atoms with Crippen LogP contribution in [0.1, 0.15) is 59.6 Å². The third kappa shape index (κ3) is 14.4. The molecule has 22 nitrogen and oxygen atoms in total. The third-order valence-electron chi connectivity index (χ3n) is 16.6. The molecule has 0 aliphatic carbocycles. The second-order valence-electron chi connectivity index (χ2n) is 22.8. The molecule has 0 bridgehead atoms. The van der Waals surface area contributed by atoms with Crippen molar-refractivity contribution in [3.05, 3.63) is 283 Å². The lowest BCUT2D eigenvalue weighted by Crippen LogP contribution is -2.37. The summed E-state index contributed by atoms with van der Waals surface area (Å²) in [5.74, 6) is -2.13. The third-order valence-corrected chi connectivity index (χ3v) is 18.1. The first-order chi connectivity index (χ1) is 48.1. The minimum absolute atomic E-state index is 0.149. The molecule has 99 heavy (non-hydrogen) atoms. The number of aliphatic hydroxyl groups excluding tert-OH is 1. The van der Waals surface area contributed by atoms with Gasteiger partial charge in [-0.3, -0.25) is 30.7 Å². The van der Waals surface area contributed by atoms with Gasteiger partial charge in [-0.1, -0.05) is 230 Å². The number of aliphatic hydroxyl groups is 1. The highest BCUT2D eigenvalue weighted by atomic mass is 79.9. The molecule has 9 aromatic carbocycles. The van der Waals surface area contributed by atoms with E-state index in [1.807, 2.05) is 200 Å². The zero-order valence-electron chi connectivity index (χ0n) is 52.5. The van der Waals surface area contributed by atoms with Crippen molar-refractivity contribution in [2.24, 2.45) is 46.0 Å². The number of rotatable bonds is 12. The van der Waals surface area contributed by atoms with Crippen molar-refractivity contribution in [2.75, 3.05) is 6.61 Å². The Morgan fingerprint density at radius 2 is 0.586 bits per heavy atom. The fourth-order valence-corrected chi connectivity index (χ4v) is 12.9. The van der Waals surface area contributed by atoms with Gasteiger partial charge < -0.3 is 35.4 Å². The molecule has 0 saturated heterocycles. The summed E-state index contributed by atoms with van der Waals surface area (Å²) in [6.07, 6.45) is 0.971. The number of hydrogen-bond acceptors (Lipinski definition) is 16. The van der Waals surface area contributed by atoms with Gasteiger partial charge in [0.2, 0.25) is 17.6 Å². The first-order valence-corrected chi connectivity index (χ1v) is 33.3. The summed E-state index contributed by atoms with van der Waals surface area (Å²) in [4.78, 5) is 47.1. The number of halogens is 3. The second kappa shape index (κ2) is 29.9. The fraction of sp³-hybridized carbons (Fsp3) is 0.108. The molecular weight excluding hydrogens is 1450 g/mol. The van der Waals surface area contributed by atoms with Gasteiger partial charge in [-0.25, -0.2) is 0 Å². The Bertz CT molecular complexity index is 4500. The predicted octanol–water partition coefficient (Wildman–Crippen LogP) is 16.6. The molecule has 25 heteroatoms.